The van der Waals surface area contributed by atoms with Gasteiger partial charge in [0.05, 0.1) is 0 Å². The summed E-state index contributed by atoms with van der Waals surface area (Å²) in [6.07, 6.45) is 2.56. The summed E-state index contributed by atoms with van der Waals surface area (Å²) in [6.45, 7) is 7.68. The molecule has 34 heavy (non-hydrogen) atoms. The number of fused-ring (bicyclic) bond motifs is 1. The van der Waals surface area contributed by atoms with Gasteiger partial charge in [0.2, 0.25) is 5.91 Å². The zero-order valence-corrected chi connectivity index (χ0v) is 20.4. The second kappa shape index (κ2) is 10.5. The number of carboxylic acids is 1. The average molecular weight is 464 g/mol. The van der Waals surface area contributed by atoms with Gasteiger partial charge in [-0.05, 0) is 43.5 Å². The van der Waals surface area contributed by atoms with E-state index in [1.54, 1.807) is 25.4 Å². The summed E-state index contributed by atoms with van der Waals surface area (Å²) >= 11 is 0. The van der Waals surface area contributed by atoms with Crippen LogP contribution in [0.4, 0.5) is 0 Å². The molecule has 1 aromatic heterocycles. The van der Waals surface area contributed by atoms with Crippen molar-refractivity contribution in [2.45, 2.75) is 52.6 Å². The number of H-pyrrole nitrogens is 1. The van der Waals surface area contributed by atoms with Gasteiger partial charge in [-0.15, -0.1) is 0 Å². The first kappa shape index (κ1) is 25.0. The van der Waals surface area contributed by atoms with Crippen molar-refractivity contribution in [3.05, 3.63) is 70.9 Å². The van der Waals surface area contributed by atoms with Gasteiger partial charge in [0.25, 0.3) is 5.91 Å². The predicted molar refractivity (Wildman–Crippen MR) is 133 cm³/mol. The molecule has 0 saturated carbocycles. The van der Waals surface area contributed by atoms with Gasteiger partial charge in [-0.1, -0.05) is 55.7 Å². The number of hydrogen-bond acceptors (Lipinski definition) is 3. The second-order valence-corrected chi connectivity index (χ2v) is 9.09. The number of aromatic amines is 1. The first-order valence-electron chi connectivity index (χ1n) is 11.6. The third kappa shape index (κ3) is 5.47. The number of para-hydroxylation sites is 1. The fourth-order valence-electron chi connectivity index (χ4n) is 4.44. The molecule has 0 saturated heterocycles. The van der Waals surface area contributed by atoms with Crippen LogP contribution in [0.1, 0.15) is 47.3 Å². The summed E-state index contributed by atoms with van der Waals surface area (Å²) in [7, 11) is 1.60. The maximum atomic E-state index is 13.4. The largest absolute Gasteiger partial charge is 0.480 e. The number of carbonyl (C=O) groups is 3. The van der Waals surface area contributed by atoms with Crippen molar-refractivity contribution in [3.63, 3.8) is 0 Å². The number of hydrogen-bond donors (Lipinski definition) is 3. The van der Waals surface area contributed by atoms with E-state index in [1.165, 1.54) is 4.90 Å². The van der Waals surface area contributed by atoms with E-state index in [1.807, 2.05) is 58.0 Å². The SMILES string of the molecule is CC[C@H](C)[C@@H](C(=O)N[C@@H](Cc1c[nH]c2ccccc12)C(=O)O)N(C)C(=O)c1cc(C)cc(C)c1. The molecule has 2 aromatic carbocycles. The first-order chi connectivity index (χ1) is 16.1. The zero-order valence-electron chi connectivity index (χ0n) is 20.4. The lowest BCUT2D eigenvalue weighted by Crippen LogP contribution is -2.55. The highest BCUT2D eigenvalue weighted by Gasteiger charge is 2.34. The molecule has 0 aliphatic carbocycles. The highest BCUT2D eigenvalue weighted by Crippen LogP contribution is 2.21. The molecule has 180 valence electrons. The average Bonchev–Trinajstić information content (AvgIpc) is 3.20. The predicted octanol–water partition coefficient (Wildman–Crippen LogP) is 4.08. The molecule has 3 rings (SSSR count). The van der Waals surface area contributed by atoms with Gasteiger partial charge < -0.3 is 20.3 Å². The molecule has 3 aromatic rings. The van der Waals surface area contributed by atoms with Crippen LogP contribution >= 0.6 is 0 Å². The summed E-state index contributed by atoms with van der Waals surface area (Å²) < 4.78 is 0. The van der Waals surface area contributed by atoms with Crippen LogP contribution in [0.5, 0.6) is 0 Å². The molecule has 0 aliphatic rings. The van der Waals surface area contributed by atoms with Gasteiger partial charge in [0.1, 0.15) is 12.1 Å². The number of rotatable bonds is 9. The summed E-state index contributed by atoms with van der Waals surface area (Å²) in [6, 6.07) is 11.3. The highest BCUT2D eigenvalue weighted by molar-refractivity contribution is 5.98. The number of aliphatic carboxylic acids is 1. The molecule has 0 spiro atoms. The third-order valence-corrected chi connectivity index (χ3v) is 6.37. The molecule has 0 aliphatic heterocycles. The monoisotopic (exact) mass is 463 g/mol. The Hall–Kier alpha value is -3.61. The van der Waals surface area contributed by atoms with E-state index in [0.29, 0.717) is 12.0 Å². The molecule has 3 N–H and O–H groups in total. The number of amides is 2. The fourth-order valence-corrected chi connectivity index (χ4v) is 4.44. The van der Waals surface area contributed by atoms with Crippen molar-refractivity contribution < 1.29 is 19.5 Å². The van der Waals surface area contributed by atoms with E-state index in [4.69, 9.17) is 0 Å². The van der Waals surface area contributed by atoms with Crippen LogP contribution in [0.25, 0.3) is 10.9 Å². The van der Waals surface area contributed by atoms with E-state index in [0.717, 1.165) is 27.6 Å². The molecule has 0 unspecified atom stereocenters. The van der Waals surface area contributed by atoms with Crippen LogP contribution in [0.15, 0.2) is 48.7 Å². The maximum Gasteiger partial charge on any atom is 0.326 e. The van der Waals surface area contributed by atoms with E-state index in [2.05, 4.69) is 10.3 Å². The van der Waals surface area contributed by atoms with Gasteiger partial charge >= 0.3 is 5.97 Å². The number of likely N-dealkylation sites (N-methyl/N-ethyl adjacent to an activating group) is 1. The summed E-state index contributed by atoms with van der Waals surface area (Å²) in [5.41, 5.74) is 4.15. The molecule has 0 fully saturated rings. The van der Waals surface area contributed by atoms with Crippen molar-refractivity contribution >= 4 is 28.7 Å². The number of aryl methyl sites for hydroxylation is 2. The molecule has 7 nitrogen and oxygen atoms in total. The Morgan fingerprint density at radius 2 is 1.74 bits per heavy atom. The summed E-state index contributed by atoms with van der Waals surface area (Å²) in [5, 5.41) is 13.5. The van der Waals surface area contributed by atoms with E-state index >= 15 is 0 Å². The highest BCUT2D eigenvalue weighted by atomic mass is 16.4. The quantitative estimate of drug-likeness (QED) is 0.445. The zero-order chi connectivity index (χ0) is 25.0. The number of nitrogens with one attached hydrogen (secondary N) is 2. The summed E-state index contributed by atoms with van der Waals surface area (Å²) in [5.74, 6) is -2.02. The van der Waals surface area contributed by atoms with Crippen molar-refractivity contribution in [1.82, 2.24) is 15.2 Å². The van der Waals surface area contributed by atoms with Gasteiger partial charge in [0.15, 0.2) is 0 Å². The number of nitrogens with zero attached hydrogens (tertiary/aromatic N) is 1. The fraction of sp³-hybridized carbons (Fsp3) is 0.370. The number of aromatic nitrogens is 1. The minimum Gasteiger partial charge on any atom is -0.480 e. The smallest absolute Gasteiger partial charge is 0.326 e. The Morgan fingerprint density at radius 3 is 2.35 bits per heavy atom. The Kier molecular flexibility index (Phi) is 7.76. The Morgan fingerprint density at radius 1 is 1.09 bits per heavy atom. The second-order valence-electron chi connectivity index (χ2n) is 9.09. The molecule has 2 amide bonds. The van der Waals surface area contributed by atoms with E-state index in [-0.39, 0.29) is 18.2 Å². The molecule has 3 atom stereocenters. The summed E-state index contributed by atoms with van der Waals surface area (Å²) in [4.78, 5) is 43.3. The van der Waals surface area contributed by atoms with E-state index in [9.17, 15) is 19.5 Å². The topological polar surface area (TPSA) is 102 Å². The first-order valence-corrected chi connectivity index (χ1v) is 11.6. The van der Waals surface area contributed by atoms with Crippen LogP contribution in [0, 0.1) is 19.8 Å². The maximum absolute atomic E-state index is 13.4. The Balaban J connectivity index is 1.84. The van der Waals surface area contributed by atoms with Crippen molar-refractivity contribution in [3.8, 4) is 0 Å². The van der Waals surface area contributed by atoms with Crippen LogP contribution in [0.3, 0.4) is 0 Å². The lowest BCUT2D eigenvalue weighted by molar-refractivity contribution is -0.142. The molecular formula is C27H33N3O4. The van der Waals surface area contributed by atoms with Crippen LogP contribution in [-0.2, 0) is 16.0 Å². The molecular weight excluding hydrogens is 430 g/mol. The van der Waals surface area contributed by atoms with Crippen LogP contribution in [-0.4, -0.2) is 51.9 Å². The van der Waals surface area contributed by atoms with E-state index < -0.39 is 24.0 Å². The lowest BCUT2D eigenvalue weighted by atomic mass is 9.95. The standard InChI is InChI=1S/C27H33N3O4/c1-6-18(4)24(30(5)26(32)19-12-16(2)11-17(3)13-19)25(31)29-23(27(33)34)14-20-15-28-22-10-8-7-9-21(20)22/h7-13,15,18,23-24,28H,6,14H2,1-5H3,(H,29,31)(H,33,34)/t18-,23-,24-/m0/s1. The minimum absolute atomic E-state index is 0.132. The Labute approximate surface area is 200 Å². The molecule has 7 heteroatoms. The van der Waals surface area contributed by atoms with Gasteiger partial charge in [-0.2, -0.15) is 0 Å². The lowest BCUT2D eigenvalue weighted by Gasteiger charge is -2.32. The van der Waals surface area contributed by atoms with Crippen molar-refractivity contribution in [2.24, 2.45) is 5.92 Å². The normalized spacial score (nSPS) is 13.8. The van der Waals surface area contributed by atoms with Gasteiger partial charge in [0, 0.05) is 36.1 Å². The number of benzene rings is 2. The Bertz CT molecular complexity index is 1180. The van der Waals surface area contributed by atoms with Crippen LogP contribution in [0.2, 0.25) is 0 Å². The number of carbonyl (C=O) groups excluding carboxylic acids is 2. The van der Waals surface area contributed by atoms with Crippen molar-refractivity contribution in [1.29, 1.82) is 0 Å². The third-order valence-electron chi connectivity index (χ3n) is 6.37. The molecule has 1 heterocycles. The minimum atomic E-state index is -1.12. The molecule has 0 bridgehead atoms. The van der Waals surface area contributed by atoms with Crippen LogP contribution < -0.4 is 5.32 Å². The molecule has 0 radical (unpaired) electrons. The number of carboxylic acid groups (broad SMARTS) is 1. The van der Waals surface area contributed by atoms with Gasteiger partial charge in [-0.3, -0.25) is 9.59 Å². The van der Waals surface area contributed by atoms with Crippen molar-refractivity contribution in [2.75, 3.05) is 7.05 Å². The van der Waals surface area contributed by atoms with Gasteiger partial charge in [-0.25, -0.2) is 4.79 Å².